The molecule has 2 aromatic rings. The summed E-state index contributed by atoms with van der Waals surface area (Å²) in [5.41, 5.74) is 2.58. The molecule has 2 N–H and O–H groups in total. The summed E-state index contributed by atoms with van der Waals surface area (Å²) in [6.45, 7) is 1.86. The quantitative estimate of drug-likeness (QED) is 0.802. The second-order valence-electron chi connectivity index (χ2n) is 6.97. The highest BCUT2D eigenvalue weighted by Gasteiger charge is 2.46. The van der Waals surface area contributed by atoms with Crippen LogP contribution in [-0.4, -0.2) is 39.7 Å². The molecular weight excluding hydrogens is 356 g/mol. The number of aliphatic carboxylic acids is 1. The van der Waals surface area contributed by atoms with Gasteiger partial charge in [-0.05, 0) is 30.2 Å². The predicted molar refractivity (Wildman–Crippen MR) is 106 cm³/mol. The summed E-state index contributed by atoms with van der Waals surface area (Å²) >= 11 is 0. The maximum Gasteiger partial charge on any atom is 0.326 e. The average molecular weight is 376 g/mol. The van der Waals surface area contributed by atoms with E-state index in [0.29, 0.717) is 23.2 Å². The number of Topliss-reactive ketones (excluding diaryl/α,β-unsaturated/α-hetero) is 1. The molecule has 2 unspecified atom stereocenters. The van der Waals surface area contributed by atoms with E-state index >= 15 is 0 Å². The Balaban J connectivity index is 1.86. The van der Waals surface area contributed by atoms with Gasteiger partial charge in [0, 0.05) is 11.3 Å². The molecule has 0 saturated carbocycles. The predicted octanol–water partition coefficient (Wildman–Crippen LogP) is 3.72. The first-order valence-corrected chi connectivity index (χ1v) is 9.30. The highest BCUT2D eigenvalue weighted by Crippen LogP contribution is 2.38. The van der Waals surface area contributed by atoms with E-state index in [-0.39, 0.29) is 17.8 Å². The van der Waals surface area contributed by atoms with Crippen LogP contribution in [-0.2, 0) is 4.79 Å². The van der Waals surface area contributed by atoms with Crippen LogP contribution in [0.3, 0.4) is 0 Å². The summed E-state index contributed by atoms with van der Waals surface area (Å²) in [5.74, 6) is -1.75. The minimum Gasteiger partial charge on any atom is -0.480 e. The molecule has 0 radical (unpaired) electrons. The Hall–Kier alpha value is -3.41. The number of rotatable bonds is 6. The maximum absolute atomic E-state index is 13.4. The van der Waals surface area contributed by atoms with Crippen molar-refractivity contribution in [2.24, 2.45) is 0 Å². The van der Waals surface area contributed by atoms with E-state index in [1.165, 1.54) is 4.90 Å². The number of carboxylic acids is 1. The number of carbonyl (C=O) groups is 3. The molecule has 0 aromatic heterocycles. The lowest BCUT2D eigenvalue weighted by molar-refractivity contribution is -0.142. The number of para-hydroxylation sites is 1. The van der Waals surface area contributed by atoms with E-state index in [9.17, 15) is 19.5 Å². The fourth-order valence-corrected chi connectivity index (χ4v) is 3.92. The van der Waals surface area contributed by atoms with Gasteiger partial charge in [0.05, 0.1) is 11.3 Å². The Morgan fingerprint density at radius 2 is 1.89 bits per heavy atom. The van der Waals surface area contributed by atoms with E-state index in [1.54, 1.807) is 24.3 Å². The Labute approximate surface area is 162 Å². The molecule has 2 aliphatic rings. The van der Waals surface area contributed by atoms with Crippen molar-refractivity contribution in [2.45, 2.75) is 31.8 Å². The van der Waals surface area contributed by atoms with E-state index in [1.807, 2.05) is 37.3 Å². The number of carbonyl (C=O) groups excluding carboxylic acids is 2. The number of carboxylic acid groups (broad SMARTS) is 1. The van der Waals surface area contributed by atoms with Crippen LogP contribution in [0.15, 0.2) is 48.5 Å². The van der Waals surface area contributed by atoms with Crippen molar-refractivity contribution in [1.82, 2.24) is 4.90 Å². The molecule has 6 nitrogen and oxygen atoms in total. The van der Waals surface area contributed by atoms with E-state index in [2.05, 4.69) is 5.32 Å². The zero-order valence-corrected chi connectivity index (χ0v) is 15.4. The Morgan fingerprint density at radius 1 is 1.14 bits per heavy atom. The van der Waals surface area contributed by atoms with Crippen LogP contribution in [0.4, 0.5) is 11.4 Å². The van der Waals surface area contributed by atoms with Gasteiger partial charge in [-0.3, -0.25) is 9.59 Å². The summed E-state index contributed by atoms with van der Waals surface area (Å²) < 4.78 is 0. The third-order valence-electron chi connectivity index (χ3n) is 5.19. The standard InChI is InChI=1S/C22H20N2O4/c1-2-6-17(22(27)28)24-16-12-10-13-9-11-15(23-14-7-4-3-5-8-14)19(21(24)26)18(13)20(16)25/h3-5,7-12,16-17,23H,2,6H2,1H3,(H,27,28). The molecule has 28 heavy (non-hydrogen) atoms. The van der Waals surface area contributed by atoms with Crippen LogP contribution >= 0.6 is 0 Å². The molecule has 1 aliphatic carbocycles. The third kappa shape index (κ3) is 2.78. The Bertz CT molecular complexity index is 997. The van der Waals surface area contributed by atoms with Gasteiger partial charge >= 0.3 is 5.97 Å². The molecule has 4 rings (SSSR count). The van der Waals surface area contributed by atoms with Crippen LogP contribution in [0.5, 0.6) is 0 Å². The molecule has 0 saturated heterocycles. The number of nitrogens with zero attached hydrogens (tertiary/aromatic N) is 1. The van der Waals surface area contributed by atoms with Crippen molar-refractivity contribution in [2.75, 3.05) is 5.32 Å². The number of hydrogen-bond acceptors (Lipinski definition) is 4. The smallest absolute Gasteiger partial charge is 0.326 e. The highest BCUT2D eigenvalue weighted by atomic mass is 16.4. The average Bonchev–Trinajstić information content (AvgIpc) is 2.68. The van der Waals surface area contributed by atoms with Gasteiger partial charge in [0.25, 0.3) is 5.91 Å². The Kier molecular flexibility index (Phi) is 4.47. The molecule has 142 valence electrons. The minimum absolute atomic E-state index is 0.230. The fourth-order valence-electron chi connectivity index (χ4n) is 3.92. The van der Waals surface area contributed by atoms with E-state index in [4.69, 9.17) is 0 Å². The second kappa shape index (κ2) is 6.96. The normalized spacial score (nSPS) is 18.2. The number of anilines is 2. The molecule has 0 spiro atoms. The SMILES string of the molecule is CCCC(C(=O)O)N1C(=O)c2c(Nc3ccccc3)ccc3c2C(=O)C1C=C3. The maximum atomic E-state index is 13.4. The van der Waals surface area contributed by atoms with Crippen molar-refractivity contribution in [3.8, 4) is 0 Å². The highest BCUT2D eigenvalue weighted by molar-refractivity contribution is 6.22. The van der Waals surface area contributed by atoms with Crippen molar-refractivity contribution in [3.05, 3.63) is 65.2 Å². The van der Waals surface area contributed by atoms with Crippen LogP contribution in [0.25, 0.3) is 6.08 Å². The summed E-state index contributed by atoms with van der Waals surface area (Å²) in [6.07, 6.45) is 4.30. The fraction of sp³-hybridized carbons (Fsp3) is 0.227. The number of amides is 1. The molecule has 1 aliphatic heterocycles. The van der Waals surface area contributed by atoms with Crippen LogP contribution < -0.4 is 5.32 Å². The minimum atomic E-state index is -1.10. The lowest BCUT2D eigenvalue weighted by atomic mass is 9.82. The zero-order chi connectivity index (χ0) is 19.8. The van der Waals surface area contributed by atoms with Crippen molar-refractivity contribution >= 4 is 35.1 Å². The molecule has 2 atom stereocenters. The molecular formula is C22H20N2O4. The number of nitrogens with one attached hydrogen (secondary N) is 1. The Morgan fingerprint density at radius 3 is 2.57 bits per heavy atom. The van der Waals surface area contributed by atoms with Crippen molar-refractivity contribution < 1.29 is 19.5 Å². The van der Waals surface area contributed by atoms with Gasteiger partial charge in [0.15, 0.2) is 5.78 Å². The van der Waals surface area contributed by atoms with E-state index < -0.39 is 24.0 Å². The van der Waals surface area contributed by atoms with Gasteiger partial charge in [-0.1, -0.05) is 49.8 Å². The van der Waals surface area contributed by atoms with Crippen LogP contribution in [0.2, 0.25) is 0 Å². The van der Waals surface area contributed by atoms with Gasteiger partial charge in [0.1, 0.15) is 12.1 Å². The molecule has 2 aromatic carbocycles. The van der Waals surface area contributed by atoms with E-state index in [0.717, 1.165) is 5.69 Å². The molecule has 6 heteroatoms. The molecule has 1 amide bonds. The van der Waals surface area contributed by atoms with Crippen LogP contribution in [0, 0.1) is 0 Å². The first-order chi connectivity index (χ1) is 13.5. The van der Waals surface area contributed by atoms with Crippen LogP contribution in [0.1, 0.15) is 46.0 Å². The lowest BCUT2D eigenvalue weighted by Gasteiger charge is -2.40. The third-order valence-corrected chi connectivity index (χ3v) is 5.19. The summed E-state index contributed by atoms with van der Waals surface area (Å²) in [4.78, 5) is 39.6. The van der Waals surface area contributed by atoms with Crippen molar-refractivity contribution in [1.29, 1.82) is 0 Å². The van der Waals surface area contributed by atoms with Gasteiger partial charge in [0.2, 0.25) is 0 Å². The lowest BCUT2D eigenvalue weighted by Crippen LogP contribution is -2.57. The number of ketones is 1. The first-order valence-electron chi connectivity index (χ1n) is 9.30. The topological polar surface area (TPSA) is 86.7 Å². The van der Waals surface area contributed by atoms with Crippen molar-refractivity contribution in [3.63, 3.8) is 0 Å². The summed E-state index contributed by atoms with van der Waals surface area (Å²) in [7, 11) is 0. The first kappa shape index (κ1) is 18.0. The van der Waals surface area contributed by atoms with Gasteiger partial charge < -0.3 is 15.3 Å². The summed E-state index contributed by atoms with van der Waals surface area (Å²) in [5, 5.41) is 12.9. The number of fused-ring (bicyclic) bond motifs is 1. The largest absolute Gasteiger partial charge is 0.480 e. The van der Waals surface area contributed by atoms with Gasteiger partial charge in [-0.15, -0.1) is 0 Å². The molecule has 1 heterocycles. The summed E-state index contributed by atoms with van der Waals surface area (Å²) in [6, 6.07) is 11.0. The second-order valence-corrected chi connectivity index (χ2v) is 6.97. The molecule has 0 fully saturated rings. The molecule has 2 bridgehead atoms. The van der Waals surface area contributed by atoms with Gasteiger partial charge in [-0.25, -0.2) is 4.79 Å². The zero-order valence-electron chi connectivity index (χ0n) is 15.4. The number of hydrogen-bond donors (Lipinski definition) is 2. The number of benzene rings is 2. The van der Waals surface area contributed by atoms with Gasteiger partial charge in [-0.2, -0.15) is 0 Å². The monoisotopic (exact) mass is 376 g/mol.